The number of hydrogen-bond donors (Lipinski definition) is 4. The molecule has 4 N–H and O–H groups in total. The third-order valence-electron chi connectivity index (χ3n) is 6.77. The number of carboxylic acids is 4. The van der Waals surface area contributed by atoms with Crippen molar-refractivity contribution in [1.29, 1.82) is 0 Å². The zero-order valence-electron chi connectivity index (χ0n) is 28.2. The van der Waals surface area contributed by atoms with Crippen molar-refractivity contribution in [3.8, 4) is 0 Å². The van der Waals surface area contributed by atoms with E-state index in [1.807, 2.05) is 13.8 Å². The van der Waals surface area contributed by atoms with E-state index in [0.717, 1.165) is 25.7 Å². The van der Waals surface area contributed by atoms with Gasteiger partial charge in [0.15, 0.2) is 0 Å². The Labute approximate surface area is 317 Å². The summed E-state index contributed by atoms with van der Waals surface area (Å²) in [5.74, 6) is -8.33. The zero-order chi connectivity index (χ0) is 36.5. The number of rotatable bonds is 29. The number of ether oxygens (including phenoxy) is 2. The Balaban J connectivity index is 0. The van der Waals surface area contributed by atoms with Gasteiger partial charge in [-0.3, -0.25) is 48.2 Å². The normalized spacial score (nSPS) is 10.6. The second-order valence-electron chi connectivity index (χ2n) is 11.0. The van der Waals surface area contributed by atoms with E-state index >= 15 is 0 Å². The van der Waals surface area contributed by atoms with E-state index in [0.29, 0.717) is 22.6 Å². The number of carbonyl (C=O) groups is 8. The molecule has 0 aromatic rings. The van der Waals surface area contributed by atoms with Crippen LogP contribution in [0.2, 0.25) is 0 Å². The number of aliphatic carboxylic acids is 4. The van der Waals surface area contributed by atoms with E-state index in [9.17, 15) is 38.4 Å². The maximum Gasteiger partial charge on any atom is 0.323 e. The first-order valence-electron chi connectivity index (χ1n) is 15.9. The fourth-order valence-corrected chi connectivity index (χ4v) is 4.28. The van der Waals surface area contributed by atoms with Gasteiger partial charge in [-0.2, -0.15) is 0 Å². The van der Waals surface area contributed by atoms with Crippen LogP contribution in [-0.4, -0.2) is 166 Å². The van der Waals surface area contributed by atoms with E-state index in [2.05, 4.69) is 0 Å². The van der Waals surface area contributed by atoms with Crippen LogP contribution in [-0.2, 0) is 47.8 Å². The van der Waals surface area contributed by atoms with Crippen molar-refractivity contribution < 1.29 is 108 Å². The van der Waals surface area contributed by atoms with E-state index in [1.165, 1.54) is 9.80 Å². The molecule has 0 atom stereocenters. The van der Waals surface area contributed by atoms with Gasteiger partial charge in [0.1, 0.15) is 39.4 Å². The second kappa shape index (κ2) is 28.8. The van der Waals surface area contributed by atoms with Gasteiger partial charge in [-0.15, -0.1) is 0 Å². The summed E-state index contributed by atoms with van der Waals surface area (Å²) in [6, 6.07) is 0. The summed E-state index contributed by atoms with van der Waals surface area (Å²) in [5.41, 5.74) is 0. The van der Waals surface area contributed by atoms with E-state index < -0.39 is 86.9 Å². The standard InChI is InChI=1S/C30H50N4O14.Gd/c1-3-5-7-9-29(45)47-15-13-31(17-23(35)33(19-25(37)38)20-26(39)40)11-12-32(14-16-48-30(46)10-8-6-4-2)18-24(36)34(21-27(41)42)22-28(43)44;/h3-22H2,1-2H3,(H,37,38)(H,39,40)(H,41,42)(H,43,44);. The van der Waals surface area contributed by atoms with Crippen LogP contribution in [0.5, 0.6) is 0 Å². The predicted molar refractivity (Wildman–Crippen MR) is 167 cm³/mol. The Kier molecular flexibility index (Phi) is 28.3. The Bertz CT molecular complexity index is 963. The monoisotopic (exact) mass is 848 g/mol. The molecule has 0 saturated carbocycles. The predicted octanol–water partition coefficient (Wildman–Crippen LogP) is -0.167. The number of esters is 2. The van der Waals surface area contributed by atoms with Crippen LogP contribution in [0.4, 0.5) is 0 Å². The molecule has 18 nitrogen and oxygen atoms in total. The van der Waals surface area contributed by atoms with Gasteiger partial charge in [-0.25, -0.2) is 0 Å². The molecule has 0 bridgehead atoms. The zero-order valence-corrected chi connectivity index (χ0v) is 30.4. The van der Waals surface area contributed by atoms with Gasteiger partial charge in [-0.05, 0) is 12.8 Å². The van der Waals surface area contributed by atoms with Crippen LogP contribution >= 0.6 is 0 Å². The van der Waals surface area contributed by atoms with E-state index in [4.69, 9.17) is 29.9 Å². The summed E-state index contributed by atoms with van der Waals surface area (Å²) in [7, 11) is 0. The molecule has 0 rings (SSSR count). The van der Waals surface area contributed by atoms with Gasteiger partial charge in [0.05, 0.1) is 13.1 Å². The van der Waals surface area contributed by atoms with Crippen LogP contribution in [0.1, 0.15) is 65.2 Å². The van der Waals surface area contributed by atoms with E-state index in [1.54, 1.807) is 0 Å². The number of amides is 2. The molecule has 0 aliphatic heterocycles. The van der Waals surface area contributed by atoms with Gasteiger partial charge in [0, 0.05) is 79.0 Å². The SMILES string of the molecule is CCCCCC(=O)OCCN(CCN(CCOC(=O)CCCCC)CC(=O)N(CC(=O)O)CC(=O)O)CC(=O)N(CC(=O)O)CC(=O)O.[Gd]. The minimum absolute atomic E-state index is 0. The van der Waals surface area contributed by atoms with Crippen LogP contribution in [0.15, 0.2) is 0 Å². The van der Waals surface area contributed by atoms with Crippen LogP contribution in [0.3, 0.4) is 0 Å². The number of carbonyl (C=O) groups excluding carboxylic acids is 4. The van der Waals surface area contributed by atoms with Crippen molar-refractivity contribution in [2.75, 3.05) is 78.7 Å². The van der Waals surface area contributed by atoms with Crippen molar-refractivity contribution in [2.45, 2.75) is 65.2 Å². The molecule has 0 aliphatic rings. The smallest absolute Gasteiger partial charge is 0.323 e. The average molecular weight is 848 g/mol. The molecule has 0 unspecified atom stereocenters. The van der Waals surface area contributed by atoms with Crippen LogP contribution in [0.25, 0.3) is 0 Å². The number of hydrogen-bond acceptors (Lipinski definition) is 12. The Morgan fingerprint density at radius 2 is 0.776 bits per heavy atom. The van der Waals surface area contributed by atoms with Gasteiger partial charge in [-0.1, -0.05) is 39.5 Å². The topological polar surface area (TPSA) is 249 Å². The molecule has 282 valence electrons. The summed E-state index contributed by atoms with van der Waals surface area (Å²) in [4.78, 5) is 99.4. The fourth-order valence-electron chi connectivity index (χ4n) is 4.28. The molecular weight excluding hydrogens is 798 g/mol. The molecule has 0 aliphatic carbocycles. The molecule has 2 amide bonds. The molecule has 0 spiro atoms. The Morgan fingerprint density at radius 1 is 0.469 bits per heavy atom. The van der Waals surface area contributed by atoms with Gasteiger partial charge in [0.25, 0.3) is 0 Å². The molecule has 0 radical (unpaired) electrons. The first-order valence-corrected chi connectivity index (χ1v) is 15.9. The first kappa shape index (κ1) is 48.1. The summed E-state index contributed by atoms with van der Waals surface area (Å²) < 4.78 is 10.5. The third-order valence-corrected chi connectivity index (χ3v) is 6.77. The molecular formula is C30H50GdN4O14. The first-order chi connectivity index (χ1) is 22.7. The Hall–Kier alpha value is -3.00. The molecule has 0 heterocycles. The van der Waals surface area contributed by atoms with Crippen molar-refractivity contribution >= 4 is 47.6 Å². The van der Waals surface area contributed by atoms with E-state index in [-0.39, 0.29) is 92.2 Å². The summed E-state index contributed by atoms with van der Waals surface area (Å²) in [6.07, 6.45) is 5.09. The summed E-state index contributed by atoms with van der Waals surface area (Å²) >= 11 is 0. The van der Waals surface area contributed by atoms with Crippen molar-refractivity contribution in [3.63, 3.8) is 0 Å². The van der Waals surface area contributed by atoms with Crippen molar-refractivity contribution in [3.05, 3.63) is 0 Å². The molecule has 0 fully saturated rings. The van der Waals surface area contributed by atoms with Gasteiger partial charge < -0.3 is 39.7 Å². The quantitative estimate of drug-likeness (QED) is 0.0564. The largest absolute Gasteiger partial charge is 0.480 e. The molecule has 49 heavy (non-hydrogen) atoms. The minimum atomic E-state index is -1.43. The van der Waals surface area contributed by atoms with Crippen molar-refractivity contribution in [2.24, 2.45) is 0 Å². The summed E-state index contributed by atoms with van der Waals surface area (Å²) in [6.45, 7) is -0.941. The third kappa shape index (κ3) is 26.5. The maximum absolute atomic E-state index is 13.0. The molecule has 19 heteroatoms. The molecule has 0 aromatic carbocycles. The number of unbranched alkanes of at least 4 members (excludes halogenated alkanes) is 4. The van der Waals surface area contributed by atoms with Crippen LogP contribution < -0.4 is 0 Å². The summed E-state index contributed by atoms with van der Waals surface area (Å²) in [5, 5.41) is 36.6. The Morgan fingerprint density at radius 3 is 1.04 bits per heavy atom. The number of nitrogens with zero attached hydrogens (tertiary/aromatic N) is 4. The fraction of sp³-hybridized carbons (Fsp3) is 0.733. The molecule has 0 saturated heterocycles. The molecule has 0 aromatic heterocycles. The van der Waals surface area contributed by atoms with Crippen molar-refractivity contribution in [1.82, 2.24) is 19.6 Å². The number of carboxylic acid groups (broad SMARTS) is 4. The van der Waals surface area contributed by atoms with Gasteiger partial charge >= 0.3 is 35.8 Å². The van der Waals surface area contributed by atoms with Gasteiger partial charge in [0.2, 0.25) is 11.8 Å². The van der Waals surface area contributed by atoms with Crippen LogP contribution in [0, 0.1) is 39.9 Å². The second-order valence-corrected chi connectivity index (χ2v) is 11.0. The maximum atomic E-state index is 13.0. The minimum Gasteiger partial charge on any atom is -0.480 e. The average Bonchev–Trinajstić information content (AvgIpc) is 2.98.